The number of aliphatic hydroxyl groups excluding tert-OH is 8. The number of carbonyl (C=O) groups is 1. The fourth-order valence-electron chi connectivity index (χ4n) is 4.75. The SMILES string of the molecule is CC1=CC(=O)[C@]2(O[C@H]3O[C@@H](CO)[C@H](O)[C@@H](O)[C@@H]3O)C=CO[C@@H](O[C@@H]3O[C@H](CO)[C@@H](O)[C@H](O)[C@H]3O)[C@H]12. The minimum absolute atomic E-state index is 0.415. The van der Waals surface area contributed by atoms with Gasteiger partial charge in [0.1, 0.15) is 48.8 Å². The van der Waals surface area contributed by atoms with E-state index in [2.05, 4.69) is 0 Å². The minimum atomic E-state index is -1.87. The van der Waals surface area contributed by atoms with E-state index in [1.54, 1.807) is 6.92 Å². The van der Waals surface area contributed by atoms with Gasteiger partial charge in [-0.05, 0) is 19.1 Å². The van der Waals surface area contributed by atoms with Gasteiger partial charge in [-0.2, -0.15) is 0 Å². The van der Waals surface area contributed by atoms with Gasteiger partial charge in [-0.15, -0.1) is 0 Å². The Kier molecular flexibility index (Phi) is 7.64. The Labute approximate surface area is 199 Å². The molecule has 4 aliphatic rings. The highest BCUT2D eigenvalue weighted by Gasteiger charge is 2.60. The van der Waals surface area contributed by atoms with Crippen LogP contribution < -0.4 is 0 Å². The highest BCUT2D eigenvalue weighted by molar-refractivity contribution is 6.03. The minimum Gasteiger partial charge on any atom is -0.472 e. The van der Waals surface area contributed by atoms with Crippen LogP contribution in [0.15, 0.2) is 24.0 Å². The molecule has 14 heteroatoms. The van der Waals surface area contributed by atoms with Gasteiger partial charge in [-0.1, -0.05) is 5.57 Å². The Morgan fingerprint density at radius 3 is 1.94 bits per heavy atom. The van der Waals surface area contributed by atoms with E-state index in [1.165, 1.54) is 12.2 Å². The second-order valence-corrected chi connectivity index (χ2v) is 8.98. The van der Waals surface area contributed by atoms with Crippen LogP contribution in [0.5, 0.6) is 0 Å². The Morgan fingerprint density at radius 2 is 1.37 bits per heavy atom. The molecule has 0 unspecified atom stereocenters. The molecule has 2 fully saturated rings. The molecule has 13 atom stereocenters. The molecule has 3 heterocycles. The molecule has 0 bridgehead atoms. The number of ether oxygens (including phenoxy) is 5. The van der Waals surface area contributed by atoms with Gasteiger partial charge >= 0.3 is 0 Å². The van der Waals surface area contributed by atoms with Gasteiger partial charge in [0, 0.05) is 0 Å². The van der Waals surface area contributed by atoms with Crippen molar-refractivity contribution in [2.45, 2.75) is 80.2 Å². The van der Waals surface area contributed by atoms with E-state index in [4.69, 9.17) is 23.7 Å². The highest BCUT2D eigenvalue weighted by atomic mass is 16.8. The number of hydrogen-bond donors (Lipinski definition) is 8. The lowest BCUT2D eigenvalue weighted by Gasteiger charge is -2.47. The first kappa shape index (κ1) is 26.5. The molecule has 35 heavy (non-hydrogen) atoms. The van der Waals surface area contributed by atoms with Crippen molar-refractivity contribution in [2.24, 2.45) is 5.92 Å². The number of rotatable bonds is 6. The first-order chi connectivity index (χ1) is 16.5. The van der Waals surface area contributed by atoms with Crippen molar-refractivity contribution in [1.82, 2.24) is 0 Å². The van der Waals surface area contributed by atoms with Crippen LogP contribution in [0.25, 0.3) is 0 Å². The predicted molar refractivity (Wildman–Crippen MR) is 109 cm³/mol. The quantitative estimate of drug-likeness (QED) is 0.170. The number of ketones is 1. The van der Waals surface area contributed by atoms with Crippen LogP contribution in [-0.4, -0.2) is 133 Å². The van der Waals surface area contributed by atoms with Crippen molar-refractivity contribution in [3.8, 4) is 0 Å². The summed E-state index contributed by atoms with van der Waals surface area (Å²) in [7, 11) is 0. The standard InChI is InChI=1S/C21H30O14/c1-7-4-10(24)21(35-20-17(30)15(28)13(26)9(6-23)33-20)2-3-31-18(11(7)21)34-19-16(29)14(27)12(25)8(5-22)32-19/h2-4,8-9,11-20,22-23,25-30H,5-6H2,1H3/t8-,9+,11+,12-,13+,14+,15-,16-,17+,18+,19+,20-,21-/m1/s1. The van der Waals surface area contributed by atoms with Crippen molar-refractivity contribution < 1.29 is 69.3 Å². The van der Waals surface area contributed by atoms with Crippen LogP contribution >= 0.6 is 0 Å². The van der Waals surface area contributed by atoms with Gasteiger partial charge < -0.3 is 64.5 Å². The summed E-state index contributed by atoms with van der Waals surface area (Å²) in [5.74, 6) is -1.61. The summed E-state index contributed by atoms with van der Waals surface area (Å²) < 4.78 is 27.9. The maximum atomic E-state index is 13.1. The number of aliphatic hydroxyl groups is 8. The summed E-state index contributed by atoms with van der Waals surface area (Å²) in [5.41, 5.74) is -1.45. The monoisotopic (exact) mass is 506 g/mol. The molecule has 14 nitrogen and oxygen atoms in total. The molecule has 1 aliphatic carbocycles. The maximum absolute atomic E-state index is 13.1. The molecule has 0 aromatic rings. The van der Waals surface area contributed by atoms with Gasteiger partial charge in [0.25, 0.3) is 0 Å². The molecule has 4 rings (SSSR count). The van der Waals surface area contributed by atoms with Crippen LogP contribution in [-0.2, 0) is 28.5 Å². The summed E-state index contributed by atoms with van der Waals surface area (Å²) >= 11 is 0. The molecule has 0 aromatic carbocycles. The van der Waals surface area contributed by atoms with E-state index in [-0.39, 0.29) is 0 Å². The molecular weight excluding hydrogens is 476 g/mol. The molecule has 0 amide bonds. The van der Waals surface area contributed by atoms with Crippen LogP contribution in [0, 0.1) is 5.92 Å². The number of carbonyl (C=O) groups excluding carboxylic acids is 1. The van der Waals surface area contributed by atoms with E-state index in [0.717, 1.165) is 6.26 Å². The second-order valence-electron chi connectivity index (χ2n) is 8.98. The third kappa shape index (κ3) is 4.43. The van der Waals surface area contributed by atoms with Crippen LogP contribution in [0.1, 0.15) is 6.92 Å². The molecule has 0 radical (unpaired) electrons. The van der Waals surface area contributed by atoms with Gasteiger partial charge in [-0.3, -0.25) is 4.79 Å². The largest absolute Gasteiger partial charge is 0.472 e. The second kappa shape index (κ2) is 10.1. The van der Waals surface area contributed by atoms with E-state index >= 15 is 0 Å². The van der Waals surface area contributed by atoms with Crippen molar-refractivity contribution in [1.29, 1.82) is 0 Å². The normalized spacial score (nSPS) is 50.0. The van der Waals surface area contributed by atoms with Crippen molar-refractivity contribution in [3.05, 3.63) is 24.0 Å². The van der Waals surface area contributed by atoms with Crippen LogP contribution in [0.4, 0.5) is 0 Å². The topological polar surface area (TPSA) is 225 Å². The third-order valence-corrected chi connectivity index (χ3v) is 6.77. The van der Waals surface area contributed by atoms with Crippen LogP contribution in [0.2, 0.25) is 0 Å². The Balaban J connectivity index is 1.58. The molecule has 198 valence electrons. The maximum Gasteiger partial charge on any atom is 0.211 e. The third-order valence-electron chi connectivity index (χ3n) is 6.77. The van der Waals surface area contributed by atoms with E-state index in [0.29, 0.717) is 5.57 Å². The number of fused-ring (bicyclic) bond motifs is 1. The zero-order valence-corrected chi connectivity index (χ0v) is 18.6. The van der Waals surface area contributed by atoms with E-state index in [1.807, 2.05) is 0 Å². The summed E-state index contributed by atoms with van der Waals surface area (Å²) in [6.07, 6.45) is -13.7. The molecule has 0 aromatic heterocycles. The fraction of sp³-hybridized carbons (Fsp3) is 0.762. The molecule has 3 aliphatic heterocycles. The summed E-state index contributed by atoms with van der Waals surface area (Å²) in [4.78, 5) is 13.1. The molecule has 8 N–H and O–H groups in total. The smallest absolute Gasteiger partial charge is 0.211 e. The Bertz CT molecular complexity index is 844. The van der Waals surface area contributed by atoms with E-state index in [9.17, 15) is 45.6 Å². The highest BCUT2D eigenvalue weighted by Crippen LogP contribution is 2.46. The van der Waals surface area contributed by atoms with Gasteiger partial charge in [0.15, 0.2) is 24.0 Å². The average Bonchev–Trinajstić information content (AvgIpc) is 3.09. The lowest BCUT2D eigenvalue weighted by Crippen LogP contribution is -2.63. The Hall–Kier alpha value is -1.53. The Morgan fingerprint density at radius 1 is 0.829 bits per heavy atom. The summed E-state index contributed by atoms with van der Waals surface area (Å²) in [6, 6.07) is 0. The van der Waals surface area contributed by atoms with Crippen molar-refractivity contribution in [2.75, 3.05) is 13.2 Å². The van der Waals surface area contributed by atoms with Gasteiger partial charge in [0.2, 0.25) is 6.29 Å². The van der Waals surface area contributed by atoms with Crippen molar-refractivity contribution in [3.63, 3.8) is 0 Å². The molecule has 2 saturated heterocycles. The zero-order chi connectivity index (χ0) is 25.7. The number of hydrogen-bond acceptors (Lipinski definition) is 14. The first-order valence-electron chi connectivity index (χ1n) is 11.1. The zero-order valence-electron chi connectivity index (χ0n) is 18.6. The average molecular weight is 506 g/mol. The summed E-state index contributed by atoms with van der Waals surface area (Å²) in [6.45, 7) is 0.197. The van der Waals surface area contributed by atoms with E-state index < -0.39 is 98.2 Å². The van der Waals surface area contributed by atoms with Gasteiger partial charge in [-0.25, -0.2) is 0 Å². The van der Waals surface area contributed by atoms with Crippen LogP contribution in [0.3, 0.4) is 0 Å². The molecule has 0 saturated carbocycles. The molecule has 0 spiro atoms. The predicted octanol–water partition coefficient (Wildman–Crippen LogP) is -4.63. The first-order valence-corrected chi connectivity index (χ1v) is 11.1. The fourth-order valence-corrected chi connectivity index (χ4v) is 4.75. The summed E-state index contributed by atoms with van der Waals surface area (Å²) in [5, 5.41) is 79.7. The van der Waals surface area contributed by atoms with Crippen molar-refractivity contribution >= 4 is 5.78 Å². The van der Waals surface area contributed by atoms with Gasteiger partial charge in [0.05, 0.1) is 25.4 Å². The molecular formula is C21H30O14. The lowest BCUT2D eigenvalue weighted by atomic mass is 9.83. The lowest BCUT2D eigenvalue weighted by molar-refractivity contribution is -0.354.